The number of benzene rings is 2. The van der Waals surface area contributed by atoms with Crippen molar-refractivity contribution in [3.63, 3.8) is 0 Å². The highest BCUT2D eigenvalue weighted by atomic mass is 35.5. The molecule has 0 atom stereocenters. The van der Waals surface area contributed by atoms with Gasteiger partial charge in [0.2, 0.25) is 15.9 Å². The zero-order valence-corrected chi connectivity index (χ0v) is 15.7. The van der Waals surface area contributed by atoms with Crippen LogP contribution in [0.25, 0.3) is 0 Å². The molecular weight excluding hydrogens is 374 g/mol. The highest BCUT2D eigenvalue weighted by Crippen LogP contribution is 2.15. The van der Waals surface area contributed by atoms with Gasteiger partial charge in [-0.2, -0.15) is 9.57 Å². The molecule has 0 aromatic heterocycles. The number of sulfonamides is 1. The molecule has 0 fully saturated rings. The summed E-state index contributed by atoms with van der Waals surface area (Å²) in [6, 6.07) is 15.5. The van der Waals surface area contributed by atoms with Crippen molar-refractivity contribution >= 4 is 33.2 Å². The van der Waals surface area contributed by atoms with Gasteiger partial charge in [-0.25, -0.2) is 8.42 Å². The number of halogens is 1. The quantitative estimate of drug-likeness (QED) is 0.785. The van der Waals surface area contributed by atoms with E-state index in [-0.39, 0.29) is 25.4 Å². The van der Waals surface area contributed by atoms with Crippen molar-refractivity contribution in [3.05, 3.63) is 64.7 Å². The Morgan fingerprint density at radius 2 is 1.85 bits per heavy atom. The molecule has 0 aliphatic carbocycles. The number of carbonyl (C=O) groups is 1. The van der Waals surface area contributed by atoms with E-state index in [0.717, 1.165) is 11.8 Å². The van der Waals surface area contributed by atoms with Crippen LogP contribution in [0.4, 0.5) is 5.69 Å². The third-order valence-corrected chi connectivity index (χ3v) is 5.15. The Kier molecular flexibility index (Phi) is 6.75. The predicted octanol–water partition coefficient (Wildman–Crippen LogP) is 3.00. The fourth-order valence-corrected chi connectivity index (χ4v) is 3.22. The summed E-state index contributed by atoms with van der Waals surface area (Å²) >= 11 is 5.83. The molecule has 0 unspecified atom stereocenters. The number of para-hydroxylation sites is 1. The molecule has 1 N–H and O–H groups in total. The zero-order chi connectivity index (χ0) is 19.2. The number of hydrogen-bond donors (Lipinski definition) is 1. The molecule has 0 heterocycles. The minimum absolute atomic E-state index is 0.0274. The monoisotopic (exact) mass is 391 g/mol. The summed E-state index contributed by atoms with van der Waals surface area (Å²) in [5, 5.41) is 12.2. The maximum Gasteiger partial charge on any atom is 0.225 e. The zero-order valence-electron chi connectivity index (χ0n) is 14.1. The van der Waals surface area contributed by atoms with Crippen LogP contribution in [0.1, 0.15) is 17.5 Å². The largest absolute Gasteiger partial charge is 0.325 e. The van der Waals surface area contributed by atoms with Gasteiger partial charge >= 0.3 is 0 Å². The number of carbonyl (C=O) groups excluding carboxylic acids is 1. The van der Waals surface area contributed by atoms with Crippen molar-refractivity contribution in [3.8, 4) is 6.07 Å². The molecule has 0 aliphatic rings. The summed E-state index contributed by atoms with van der Waals surface area (Å²) in [6.07, 6.45) is 1.08. The van der Waals surface area contributed by atoms with Gasteiger partial charge in [-0.05, 0) is 29.8 Å². The summed E-state index contributed by atoms with van der Waals surface area (Å²) < 4.78 is 25.2. The topological polar surface area (TPSA) is 90.3 Å². The summed E-state index contributed by atoms with van der Waals surface area (Å²) in [4.78, 5) is 12.1. The summed E-state index contributed by atoms with van der Waals surface area (Å²) in [6.45, 7) is 0.181. The molecule has 2 aromatic carbocycles. The molecular formula is C18H18ClN3O3S. The van der Waals surface area contributed by atoms with Gasteiger partial charge in [0.1, 0.15) is 6.07 Å². The second-order valence-corrected chi connectivity index (χ2v) is 8.10. The number of anilines is 1. The fraction of sp³-hybridized carbons (Fsp3) is 0.222. The van der Waals surface area contributed by atoms with Gasteiger partial charge in [-0.3, -0.25) is 4.79 Å². The normalized spacial score (nSPS) is 11.2. The average molecular weight is 392 g/mol. The molecule has 2 rings (SSSR count). The Labute approximate surface area is 158 Å². The summed E-state index contributed by atoms with van der Waals surface area (Å²) in [5.74, 6) is -0.363. The Hall–Kier alpha value is -2.40. The molecule has 6 nitrogen and oxygen atoms in total. The first-order chi connectivity index (χ1) is 12.3. The maximum absolute atomic E-state index is 12.1. The standard InChI is InChI=1S/C18H18ClN3O3S/c1-26(24,25)22(13-14-6-8-16(19)9-7-14)11-10-18(23)21-17-5-3-2-4-15(17)12-20/h2-9H,10-11,13H2,1H3,(H,21,23). The first-order valence-corrected chi connectivity index (χ1v) is 10.0. The van der Waals surface area contributed by atoms with Crippen LogP contribution in [0, 0.1) is 11.3 Å². The summed E-state index contributed by atoms with van der Waals surface area (Å²) in [7, 11) is -3.49. The molecule has 0 radical (unpaired) electrons. The van der Waals surface area contributed by atoms with Crippen molar-refractivity contribution in [2.45, 2.75) is 13.0 Å². The number of nitriles is 1. The van der Waals surface area contributed by atoms with Gasteiger partial charge in [0.25, 0.3) is 0 Å². The van der Waals surface area contributed by atoms with E-state index in [9.17, 15) is 13.2 Å². The van der Waals surface area contributed by atoms with E-state index in [1.165, 1.54) is 4.31 Å². The first kappa shape index (κ1) is 19.9. The third kappa shape index (κ3) is 5.85. The van der Waals surface area contributed by atoms with Crippen molar-refractivity contribution in [1.29, 1.82) is 5.26 Å². The molecule has 0 saturated carbocycles. The van der Waals surface area contributed by atoms with Crippen LogP contribution in [0.15, 0.2) is 48.5 Å². The van der Waals surface area contributed by atoms with E-state index < -0.39 is 10.0 Å². The molecule has 2 aromatic rings. The molecule has 8 heteroatoms. The molecule has 1 amide bonds. The van der Waals surface area contributed by atoms with Crippen LogP contribution in [-0.4, -0.2) is 31.4 Å². The number of nitrogens with one attached hydrogen (secondary N) is 1. The van der Waals surface area contributed by atoms with Gasteiger partial charge in [-0.15, -0.1) is 0 Å². The van der Waals surface area contributed by atoms with Gasteiger partial charge in [0.05, 0.1) is 17.5 Å². The highest BCUT2D eigenvalue weighted by molar-refractivity contribution is 7.88. The second-order valence-electron chi connectivity index (χ2n) is 5.68. The lowest BCUT2D eigenvalue weighted by molar-refractivity contribution is -0.116. The van der Waals surface area contributed by atoms with Crippen LogP contribution in [0.5, 0.6) is 0 Å². The van der Waals surface area contributed by atoms with Crippen LogP contribution >= 0.6 is 11.6 Å². The van der Waals surface area contributed by atoms with E-state index in [4.69, 9.17) is 16.9 Å². The van der Waals surface area contributed by atoms with Crippen LogP contribution in [0.3, 0.4) is 0 Å². The number of amides is 1. The molecule has 136 valence electrons. The molecule has 0 spiro atoms. The number of rotatable bonds is 7. The minimum Gasteiger partial charge on any atom is -0.325 e. The SMILES string of the molecule is CS(=O)(=O)N(CCC(=O)Nc1ccccc1C#N)Cc1ccc(Cl)cc1. The van der Waals surface area contributed by atoms with Gasteiger partial charge < -0.3 is 5.32 Å². The highest BCUT2D eigenvalue weighted by Gasteiger charge is 2.18. The second kappa shape index (κ2) is 8.81. The maximum atomic E-state index is 12.1. The van der Waals surface area contributed by atoms with E-state index in [1.807, 2.05) is 6.07 Å². The Morgan fingerprint density at radius 3 is 2.46 bits per heavy atom. The van der Waals surface area contributed by atoms with Gasteiger partial charge in [0.15, 0.2) is 0 Å². The first-order valence-electron chi connectivity index (χ1n) is 7.78. The van der Waals surface area contributed by atoms with Crippen LogP contribution < -0.4 is 5.32 Å². The van der Waals surface area contributed by atoms with Crippen molar-refractivity contribution in [1.82, 2.24) is 4.31 Å². The molecule has 0 bridgehead atoms. The van der Waals surface area contributed by atoms with E-state index in [1.54, 1.807) is 48.5 Å². The van der Waals surface area contributed by atoms with E-state index in [2.05, 4.69) is 5.32 Å². The minimum atomic E-state index is -3.49. The summed E-state index contributed by atoms with van der Waals surface area (Å²) in [5.41, 5.74) is 1.53. The third-order valence-electron chi connectivity index (χ3n) is 3.65. The van der Waals surface area contributed by atoms with Crippen molar-refractivity contribution in [2.75, 3.05) is 18.1 Å². The van der Waals surface area contributed by atoms with Crippen molar-refractivity contribution < 1.29 is 13.2 Å². The Morgan fingerprint density at radius 1 is 1.19 bits per heavy atom. The van der Waals surface area contributed by atoms with E-state index in [0.29, 0.717) is 16.3 Å². The Bertz CT molecular complexity index is 921. The smallest absolute Gasteiger partial charge is 0.225 e. The molecule has 0 aliphatic heterocycles. The van der Waals surface area contributed by atoms with Crippen LogP contribution in [-0.2, 0) is 21.4 Å². The Balaban J connectivity index is 2.02. The van der Waals surface area contributed by atoms with Crippen molar-refractivity contribution in [2.24, 2.45) is 0 Å². The lowest BCUT2D eigenvalue weighted by Crippen LogP contribution is -2.32. The average Bonchev–Trinajstić information content (AvgIpc) is 2.59. The number of hydrogen-bond acceptors (Lipinski definition) is 4. The fourth-order valence-electron chi connectivity index (χ4n) is 2.28. The van der Waals surface area contributed by atoms with Gasteiger partial charge in [-0.1, -0.05) is 35.9 Å². The predicted molar refractivity (Wildman–Crippen MR) is 101 cm³/mol. The molecule has 26 heavy (non-hydrogen) atoms. The van der Waals surface area contributed by atoms with E-state index >= 15 is 0 Å². The molecule has 0 saturated heterocycles. The lowest BCUT2D eigenvalue weighted by atomic mass is 10.2. The van der Waals surface area contributed by atoms with Crippen LogP contribution in [0.2, 0.25) is 5.02 Å². The van der Waals surface area contributed by atoms with Gasteiger partial charge in [0, 0.05) is 24.5 Å². The number of nitrogens with zero attached hydrogens (tertiary/aromatic N) is 2. The lowest BCUT2D eigenvalue weighted by Gasteiger charge is -2.20.